The highest BCUT2D eigenvalue weighted by Gasteiger charge is 1.75. The van der Waals surface area contributed by atoms with Crippen LogP contribution in [0.15, 0.2) is 74.9 Å². The first-order valence-corrected chi connectivity index (χ1v) is 4.68. The van der Waals surface area contributed by atoms with Crippen molar-refractivity contribution in [3.05, 3.63) is 80.4 Å². The van der Waals surface area contributed by atoms with E-state index in [4.69, 9.17) is 5.26 Å². The number of nitrogens with zero attached hydrogens (tertiary/aromatic N) is 1. The summed E-state index contributed by atoms with van der Waals surface area (Å²) in [4.78, 5) is 0. The molecule has 0 aliphatic carbocycles. The van der Waals surface area contributed by atoms with Crippen LogP contribution in [-0.2, 0) is 0 Å². The quantitative estimate of drug-likeness (QED) is 0.544. The maximum absolute atomic E-state index is 7.51. The zero-order chi connectivity index (χ0) is 12.6. The van der Waals surface area contributed by atoms with Crippen LogP contribution in [0.25, 0.3) is 6.08 Å². The van der Waals surface area contributed by atoms with Crippen molar-refractivity contribution in [2.24, 2.45) is 0 Å². The fraction of sp³-hybridized carbons (Fsp3) is 0. The number of allylic oxidation sites excluding steroid dienone is 3. The van der Waals surface area contributed by atoms with Crippen LogP contribution < -0.4 is 0 Å². The minimum atomic E-state index is 0. The molecule has 1 aromatic rings. The molecule has 1 rings (SSSR count). The van der Waals surface area contributed by atoms with Crippen molar-refractivity contribution in [3.8, 4) is 6.07 Å². The Morgan fingerprint density at radius 2 is 1.35 bits per heavy atom. The molecule has 0 aromatic heterocycles. The van der Waals surface area contributed by atoms with Gasteiger partial charge in [-0.25, -0.2) is 0 Å². The first kappa shape index (κ1) is 20.4. The first-order chi connectivity index (χ1) is 7.76. The Bertz CT molecular complexity index is 341. The molecule has 0 atom stereocenters. The summed E-state index contributed by atoms with van der Waals surface area (Å²) in [5, 5.41) is 7.51. The van der Waals surface area contributed by atoms with Crippen LogP contribution in [0.2, 0.25) is 0 Å². The molecule has 0 radical (unpaired) electrons. The van der Waals surface area contributed by atoms with E-state index < -0.39 is 0 Å². The van der Waals surface area contributed by atoms with E-state index in [1.165, 1.54) is 11.6 Å². The Morgan fingerprint density at radius 3 is 1.53 bits per heavy atom. The molecule has 0 N–H and O–H groups in total. The summed E-state index contributed by atoms with van der Waals surface area (Å²) in [6.45, 7) is 13.5. The predicted octanol–water partition coefficient (Wildman–Crippen LogP) is 4.81. The third-order valence-electron chi connectivity index (χ3n) is 1.29. The zero-order valence-corrected chi connectivity index (χ0v) is 10.7. The van der Waals surface area contributed by atoms with Crippen molar-refractivity contribution >= 4 is 18.5 Å². The van der Waals surface area contributed by atoms with E-state index in [0.717, 1.165) is 0 Å². The van der Waals surface area contributed by atoms with Gasteiger partial charge in [0.25, 0.3) is 0 Å². The number of rotatable bonds is 2. The van der Waals surface area contributed by atoms with Gasteiger partial charge in [0.2, 0.25) is 0 Å². The van der Waals surface area contributed by atoms with Gasteiger partial charge >= 0.3 is 0 Å². The molecule has 0 saturated heterocycles. The summed E-state index contributed by atoms with van der Waals surface area (Å²) < 4.78 is 0. The zero-order valence-electron chi connectivity index (χ0n) is 9.88. The Morgan fingerprint density at radius 1 is 0.941 bits per heavy atom. The van der Waals surface area contributed by atoms with Crippen LogP contribution in [0.5, 0.6) is 0 Å². The average Bonchev–Trinajstić information content (AvgIpc) is 2.40. The van der Waals surface area contributed by atoms with Gasteiger partial charge in [-0.15, -0.1) is 12.4 Å². The molecular weight excluding hydrogens is 230 g/mol. The highest BCUT2D eigenvalue weighted by molar-refractivity contribution is 5.85. The van der Waals surface area contributed by atoms with Crippen molar-refractivity contribution in [3.63, 3.8) is 0 Å². The molecule has 0 heterocycles. The Hall–Kier alpha value is -2.04. The van der Waals surface area contributed by atoms with Gasteiger partial charge in [-0.2, -0.15) is 5.26 Å². The fourth-order valence-electron chi connectivity index (χ4n) is 0.589. The van der Waals surface area contributed by atoms with Crippen LogP contribution in [0.1, 0.15) is 5.56 Å². The fourth-order valence-corrected chi connectivity index (χ4v) is 0.589. The van der Waals surface area contributed by atoms with E-state index in [9.17, 15) is 0 Å². The second-order valence-corrected chi connectivity index (χ2v) is 2.42. The average molecular weight is 248 g/mol. The number of benzene rings is 1. The monoisotopic (exact) mass is 247 g/mol. The highest BCUT2D eigenvalue weighted by atomic mass is 35.5. The van der Waals surface area contributed by atoms with Crippen molar-refractivity contribution in [1.29, 1.82) is 5.26 Å². The van der Waals surface area contributed by atoms with E-state index in [1.807, 2.05) is 36.4 Å². The predicted molar refractivity (Wildman–Crippen MR) is 80.0 cm³/mol. The maximum Gasteiger partial charge on any atom is 0.0905 e. The molecule has 0 aliphatic rings. The molecule has 1 nitrogen and oxygen atoms in total. The van der Waals surface area contributed by atoms with Gasteiger partial charge in [0.1, 0.15) is 0 Å². The SMILES string of the molecule is C=CC#N.C=CC=C.C=Cc1ccccc1.Cl. The van der Waals surface area contributed by atoms with E-state index >= 15 is 0 Å². The van der Waals surface area contributed by atoms with E-state index in [0.29, 0.717) is 0 Å². The Kier molecular flexibility index (Phi) is 23.4. The Balaban J connectivity index is -0.000000189. The lowest BCUT2D eigenvalue weighted by atomic mass is 10.2. The van der Waals surface area contributed by atoms with Crippen LogP contribution >= 0.6 is 12.4 Å². The molecule has 0 bridgehead atoms. The van der Waals surface area contributed by atoms with Crippen LogP contribution in [-0.4, -0.2) is 0 Å². The second kappa shape index (κ2) is 19.5. The van der Waals surface area contributed by atoms with Gasteiger partial charge in [-0.3, -0.25) is 0 Å². The largest absolute Gasteiger partial charge is 0.193 e. The molecule has 0 fully saturated rings. The number of hydrogen-bond donors (Lipinski definition) is 0. The molecule has 0 aliphatic heterocycles. The van der Waals surface area contributed by atoms with Crippen molar-refractivity contribution in [2.45, 2.75) is 0 Å². The van der Waals surface area contributed by atoms with Crippen LogP contribution in [0.3, 0.4) is 0 Å². The molecule has 0 amide bonds. The summed E-state index contributed by atoms with van der Waals surface area (Å²) >= 11 is 0. The minimum Gasteiger partial charge on any atom is -0.193 e. The molecule has 17 heavy (non-hydrogen) atoms. The minimum absolute atomic E-state index is 0. The normalized spacial score (nSPS) is 6.06. The van der Waals surface area contributed by atoms with Gasteiger partial charge in [0.05, 0.1) is 6.07 Å². The van der Waals surface area contributed by atoms with E-state index in [1.54, 1.807) is 18.2 Å². The third-order valence-corrected chi connectivity index (χ3v) is 1.29. The van der Waals surface area contributed by atoms with Crippen molar-refractivity contribution in [1.82, 2.24) is 0 Å². The van der Waals surface area contributed by atoms with E-state index in [2.05, 4.69) is 26.3 Å². The molecule has 0 saturated carbocycles. The van der Waals surface area contributed by atoms with Crippen molar-refractivity contribution in [2.75, 3.05) is 0 Å². The molecular formula is C15H18ClN. The third kappa shape index (κ3) is 20.1. The summed E-state index contributed by atoms with van der Waals surface area (Å²) in [6.07, 6.45) is 6.29. The standard InChI is InChI=1S/C8H8.C4H6.C3H3N.ClH/c1-2-8-6-4-3-5-7-8;1-3-4-2;1-2-3-4;/h2-7H,1H2;3-4H,1-2H2;2H,1H2;1H. The first-order valence-electron chi connectivity index (χ1n) is 4.68. The lowest BCUT2D eigenvalue weighted by molar-refractivity contribution is 1.54. The molecule has 1 aromatic carbocycles. The highest BCUT2D eigenvalue weighted by Crippen LogP contribution is 1.97. The van der Waals surface area contributed by atoms with Crippen molar-refractivity contribution < 1.29 is 0 Å². The summed E-state index contributed by atoms with van der Waals surface area (Å²) in [5.74, 6) is 0. The lowest BCUT2D eigenvalue weighted by Gasteiger charge is -1.85. The van der Waals surface area contributed by atoms with E-state index in [-0.39, 0.29) is 12.4 Å². The maximum atomic E-state index is 7.51. The smallest absolute Gasteiger partial charge is 0.0905 e. The van der Waals surface area contributed by atoms with Gasteiger partial charge in [0.15, 0.2) is 0 Å². The molecule has 0 spiro atoms. The lowest BCUT2D eigenvalue weighted by Crippen LogP contribution is -1.63. The topological polar surface area (TPSA) is 23.8 Å². The second-order valence-electron chi connectivity index (χ2n) is 2.42. The molecule has 2 heteroatoms. The summed E-state index contributed by atoms with van der Waals surface area (Å²) in [5.41, 5.74) is 1.17. The molecule has 0 unspecified atom stereocenters. The van der Waals surface area contributed by atoms with Gasteiger partial charge < -0.3 is 0 Å². The van der Waals surface area contributed by atoms with Gasteiger partial charge in [-0.1, -0.05) is 74.9 Å². The Labute approximate surface area is 111 Å². The number of nitriles is 1. The summed E-state index contributed by atoms with van der Waals surface area (Å²) in [6, 6.07) is 11.7. The number of hydrogen-bond acceptors (Lipinski definition) is 1. The molecule has 90 valence electrons. The number of halogens is 1. The van der Waals surface area contributed by atoms with Crippen LogP contribution in [0.4, 0.5) is 0 Å². The summed E-state index contributed by atoms with van der Waals surface area (Å²) in [7, 11) is 0. The van der Waals surface area contributed by atoms with Gasteiger partial charge in [0, 0.05) is 6.08 Å². The van der Waals surface area contributed by atoms with Crippen LogP contribution in [0, 0.1) is 11.3 Å². The van der Waals surface area contributed by atoms with Gasteiger partial charge in [-0.05, 0) is 5.56 Å².